The van der Waals surface area contributed by atoms with Gasteiger partial charge in [-0.2, -0.15) is 0 Å². The van der Waals surface area contributed by atoms with E-state index in [4.69, 9.17) is 11.6 Å². The van der Waals surface area contributed by atoms with Gasteiger partial charge in [0.2, 0.25) is 0 Å². The molecule has 0 atom stereocenters. The van der Waals surface area contributed by atoms with Crippen molar-refractivity contribution in [1.82, 2.24) is 0 Å². The van der Waals surface area contributed by atoms with Crippen molar-refractivity contribution >= 4 is 45.6 Å². The third kappa shape index (κ3) is 2.79. The summed E-state index contributed by atoms with van der Waals surface area (Å²) >= 11 is 11.3. The van der Waals surface area contributed by atoms with Gasteiger partial charge in [0.05, 0.1) is 5.02 Å². The van der Waals surface area contributed by atoms with Gasteiger partial charge in [-0.1, -0.05) is 35.5 Å². The van der Waals surface area contributed by atoms with Crippen LogP contribution in [-0.4, -0.2) is 6.29 Å². The minimum Gasteiger partial charge on any atom is -0.298 e. The predicted molar refractivity (Wildman–Crippen MR) is 79.8 cm³/mol. The molecule has 0 aromatic heterocycles. The second kappa shape index (κ2) is 5.91. The van der Waals surface area contributed by atoms with E-state index in [9.17, 15) is 4.79 Å². The SMILES string of the molecule is Cc1c(Sc2ccccc2Br)ccc(C=O)c1Cl. The second-order valence-corrected chi connectivity index (χ2v) is 6.06. The molecule has 0 amide bonds. The van der Waals surface area contributed by atoms with E-state index in [-0.39, 0.29) is 0 Å². The molecule has 0 heterocycles. The molecule has 2 rings (SSSR count). The molecule has 0 spiro atoms. The van der Waals surface area contributed by atoms with Crippen LogP contribution in [0, 0.1) is 6.92 Å². The second-order valence-electron chi connectivity index (χ2n) is 3.74. The van der Waals surface area contributed by atoms with Crippen LogP contribution in [0.1, 0.15) is 15.9 Å². The normalized spacial score (nSPS) is 10.4. The number of aldehydes is 1. The summed E-state index contributed by atoms with van der Waals surface area (Å²) in [5.41, 5.74) is 1.47. The first-order valence-electron chi connectivity index (χ1n) is 5.30. The lowest BCUT2D eigenvalue weighted by atomic mass is 10.1. The number of carbonyl (C=O) groups excluding carboxylic acids is 1. The lowest BCUT2D eigenvalue weighted by Gasteiger charge is -2.09. The minimum absolute atomic E-state index is 0.530. The maximum absolute atomic E-state index is 10.8. The molecule has 4 heteroatoms. The summed E-state index contributed by atoms with van der Waals surface area (Å²) in [6.45, 7) is 1.93. The topological polar surface area (TPSA) is 17.1 Å². The van der Waals surface area contributed by atoms with E-state index in [1.54, 1.807) is 17.8 Å². The van der Waals surface area contributed by atoms with E-state index in [1.807, 2.05) is 37.3 Å². The Hall–Kier alpha value is -0.770. The molecule has 2 aromatic carbocycles. The fraction of sp³-hybridized carbons (Fsp3) is 0.0714. The molecule has 0 saturated carbocycles. The molecule has 0 N–H and O–H groups in total. The number of hydrogen-bond donors (Lipinski definition) is 0. The first kappa shape index (κ1) is 13.7. The first-order valence-corrected chi connectivity index (χ1v) is 7.29. The van der Waals surface area contributed by atoms with Gasteiger partial charge in [0, 0.05) is 19.8 Å². The number of benzene rings is 2. The number of hydrogen-bond acceptors (Lipinski definition) is 2. The lowest BCUT2D eigenvalue weighted by Crippen LogP contribution is -1.88. The van der Waals surface area contributed by atoms with E-state index in [2.05, 4.69) is 15.9 Å². The fourth-order valence-electron chi connectivity index (χ4n) is 1.54. The number of rotatable bonds is 3. The van der Waals surface area contributed by atoms with E-state index >= 15 is 0 Å². The Bertz CT molecular complexity index is 598. The molecule has 0 bridgehead atoms. The van der Waals surface area contributed by atoms with Crippen LogP contribution >= 0.6 is 39.3 Å². The summed E-state index contributed by atoms with van der Waals surface area (Å²) in [6, 6.07) is 11.7. The highest BCUT2D eigenvalue weighted by Gasteiger charge is 2.09. The van der Waals surface area contributed by atoms with Crippen LogP contribution in [0.5, 0.6) is 0 Å². The summed E-state index contributed by atoms with van der Waals surface area (Å²) in [6.07, 6.45) is 0.780. The van der Waals surface area contributed by atoms with Gasteiger partial charge >= 0.3 is 0 Å². The van der Waals surface area contributed by atoms with Gasteiger partial charge in [0.1, 0.15) is 0 Å². The quantitative estimate of drug-likeness (QED) is 0.698. The van der Waals surface area contributed by atoms with E-state index in [0.29, 0.717) is 10.6 Å². The van der Waals surface area contributed by atoms with Crippen LogP contribution in [-0.2, 0) is 0 Å². The molecule has 1 nitrogen and oxygen atoms in total. The van der Waals surface area contributed by atoms with Gasteiger partial charge in [0.15, 0.2) is 6.29 Å². The summed E-state index contributed by atoms with van der Waals surface area (Å²) in [7, 11) is 0. The maximum Gasteiger partial charge on any atom is 0.151 e. The number of carbonyl (C=O) groups is 1. The summed E-state index contributed by atoms with van der Waals surface area (Å²) in [4.78, 5) is 13.0. The molecule has 0 aliphatic carbocycles. The molecule has 0 aliphatic heterocycles. The Labute approximate surface area is 124 Å². The van der Waals surface area contributed by atoms with Crippen molar-refractivity contribution in [3.8, 4) is 0 Å². The van der Waals surface area contributed by atoms with Crippen LogP contribution in [0.25, 0.3) is 0 Å². The third-order valence-electron chi connectivity index (χ3n) is 2.55. The minimum atomic E-state index is 0.530. The van der Waals surface area contributed by atoms with Gasteiger partial charge in [-0.25, -0.2) is 0 Å². The zero-order valence-electron chi connectivity index (χ0n) is 9.61. The Kier molecular flexibility index (Phi) is 4.49. The highest BCUT2D eigenvalue weighted by Crippen LogP contribution is 2.37. The van der Waals surface area contributed by atoms with Crippen molar-refractivity contribution in [2.24, 2.45) is 0 Å². The van der Waals surface area contributed by atoms with Crippen molar-refractivity contribution < 1.29 is 4.79 Å². The highest BCUT2D eigenvalue weighted by atomic mass is 79.9. The fourth-order valence-corrected chi connectivity index (χ4v) is 3.27. The van der Waals surface area contributed by atoms with Gasteiger partial charge in [-0.05, 0) is 52.7 Å². The average Bonchev–Trinajstić information content (AvgIpc) is 2.38. The van der Waals surface area contributed by atoms with Crippen molar-refractivity contribution in [3.05, 3.63) is 57.0 Å². The van der Waals surface area contributed by atoms with Crippen LogP contribution < -0.4 is 0 Å². The van der Waals surface area contributed by atoms with Crippen LogP contribution in [0.4, 0.5) is 0 Å². The maximum atomic E-state index is 10.8. The van der Waals surface area contributed by atoms with Crippen LogP contribution in [0.3, 0.4) is 0 Å². The Balaban J connectivity index is 2.39. The molecule has 18 heavy (non-hydrogen) atoms. The van der Waals surface area contributed by atoms with Gasteiger partial charge in [-0.3, -0.25) is 4.79 Å². The standard InChI is InChI=1S/C14H10BrClOS/c1-9-12(7-6-10(8-17)14(9)16)18-13-5-3-2-4-11(13)15/h2-8H,1H3. The molecule has 92 valence electrons. The summed E-state index contributed by atoms with van der Waals surface area (Å²) in [5, 5.41) is 0.530. The van der Waals surface area contributed by atoms with Crippen LogP contribution in [0.2, 0.25) is 5.02 Å². The highest BCUT2D eigenvalue weighted by molar-refractivity contribution is 9.10. The Morgan fingerprint density at radius 1 is 1.17 bits per heavy atom. The van der Waals surface area contributed by atoms with E-state index < -0.39 is 0 Å². The van der Waals surface area contributed by atoms with E-state index in [1.165, 1.54) is 0 Å². The molecule has 0 aliphatic rings. The zero-order chi connectivity index (χ0) is 13.1. The lowest BCUT2D eigenvalue weighted by molar-refractivity contribution is 0.112. The molecule has 0 radical (unpaired) electrons. The number of halogens is 2. The molecular weight excluding hydrogens is 332 g/mol. The molecule has 2 aromatic rings. The van der Waals surface area contributed by atoms with E-state index in [0.717, 1.165) is 26.1 Å². The van der Waals surface area contributed by atoms with Crippen molar-refractivity contribution in [2.45, 2.75) is 16.7 Å². The van der Waals surface area contributed by atoms with Crippen molar-refractivity contribution in [2.75, 3.05) is 0 Å². The Morgan fingerprint density at radius 2 is 1.89 bits per heavy atom. The van der Waals surface area contributed by atoms with Gasteiger partial charge in [0.25, 0.3) is 0 Å². The monoisotopic (exact) mass is 340 g/mol. The van der Waals surface area contributed by atoms with Crippen molar-refractivity contribution in [3.63, 3.8) is 0 Å². The summed E-state index contributed by atoms with van der Waals surface area (Å²) < 4.78 is 1.05. The van der Waals surface area contributed by atoms with Gasteiger partial charge in [-0.15, -0.1) is 0 Å². The molecular formula is C14H10BrClOS. The molecule has 0 unspecified atom stereocenters. The largest absolute Gasteiger partial charge is 0.298 e. The third-order valence-corrected chi connectivity index (χ3v) is 5.24. The molecule has 0 saturated heterocycles. The zero-order valence-corrected chi connectivity index (χ0v) is 12.8. The summed E-state index contributed by atoms with van der Waals surface area (Å²) in [5.74, 6) is 0. The van der Waals surface area contributed by atoms with Crippen molar-refractivity contribution in [1.29, 1.82) is 0 Å². The molecule has 0 fully saturated rings. The average molecular weight is 342 g/mol. The first-order chi connectivity index (χ1) is 8.63. The predicted octanol–water partition coefficient (Wildman–Crippen LogP) is 5.37. The Morgan fingerprint density at radius 3 is 2.56 bits per heavy atom. The van der Waals surface area contributed by atoms with Crippen LogP contribution in [0.15, 0.2) is 50.7 Å². The smallest absolute Gasteiger partial charge is 0.151 e. The van der Waals surface area contributed by atoms with Gasteiger partial charge < -0.3 is 0 Å².